The molecule has 2 heterocycles. The summed E-state index contributed by atoms with van der Waals surface area (Å²) in [5, 5.41) is 5.52. The van der Waals surface area contributed by atoms with E-state index in [-0.39, 0.29) is 18.4 Å². The molecule has 8 heteroatoms. The molecule has 0 bridgehead atoms. The number of carbonyl (C=O) groups is 3. The molecule has 0 saturated carbocycles. The highest BCUT2D eigenvalue weighted by Crippen LogP contribution is 2.36. The average Bonchev–Trinajstić information content (AvgIpc) is 2.78. The summed E-state index contributed by atoms with van der Waals surface area (Å²) in [4.78, 5) is 41.2. The molecule has 1 fully saturated rings. The third-order valence-electron chi connectivity index (χ3n) is 5.46. The molecule has 2 N–H and O–H groups in total. The number of piperidine rings is 1. The van der Waals surface area contributed by atoms with Crippen LogP contribution in [0.1, 0.15) is 26.2 Å². The molecule has 31 heavy (non-hydrogen) atoms. The highest BCUT2D eigenvalue weighted by molar-refractivity contribution is 6.05. The Labute approximate surface area is 181 Å². The van der Waals surface area contributed by atoms with Gasteiger partial charge in [0.05, 0.1) is 5.69 Å². The molecule has 1 saturated heterocycles. The molecule has 2 aromatic rings. The van der Waals surface area contributed by atoms with Crippen LogP contribution >= 0.6 is 0 Å². The summed E-state index contributed by atoms with van der Waals surface area (Å²) in [6, 6.07) is 13.8. The van der Waals surface area contributed by atoms with Crippen LogP contribution in [-0.4, -0.2) is 48.5 Å². The molecule has 2 aromatic carbocycles. The van der Waals surface area contributed by atoms with Crippen LogP contribution < -0.4 is 20.3 Å². The van der Waals surface area contributed by atoms with Crippen LogP contribution in [-0.2, 0) is 9.59 Å². The van der Waals surface area contributed by atoms with Gasteiger partial charge in [-0.3, -0.25) is 14.5 Å². The fourth-order valence-corrected chi connectivity index (χ4v) is 3.84. The predicted molar refractivity (Wildman–Crippen MR) is 118 cm³/mol. The van der Waals surface area contributed by atoms with Gasteiger partial charge in [-0.25, -0.2) is 4.79 Å². The second-order valence-electron chi connectivity index (χ2n) is 7.75. The Kier molecular flexibility index (Phi) is 6.06. The van der Waals surface area contributed by atoms with Crippen molar-refractivity contribution in [2.24, 2.45) is 0 Å². The van der Waals surface area contributed by atoms with Crippen LogP contribution in [0.2, 0.25) is 0 Å². The van der Waals surface area contributed by atoms with Crippen LogP contribution in [0.15, 0.2) is 48.5 Å². The van der Waals surface area contributed by atoms with Gasteiger partial charge in [0.15, 0.2) is 6.10 Å². The van der Waals surface area contributed by atoms with Gasteiger partial charge in [-0.1, -0.05) is 18.2 Å². The van der Waals surface area contributed by atoms with E-state index >= 15 is 0 Å². The second kappa shape index (κ2) is 9.07. The van der Waals surface area contributed by atoms with Gasteiger partial charge < -0.3 is 20.3 Å². The van der Waals surface area contributed by atoms with Crippen LogP contribution in [0.25, 0.3) is 0 Å². The maximum atomic E-state index is 12.8. The van der Waals surface area contributed by atoms with E-state index in [1.54, 1.807) is 37.3 Å². The first kappa shape index (κ1) is 20.7. The van der Waals surface area contributed by atoms with Crippen molar-refractivity contribution in [3.63, 3.8) is 0 Å². The molecular weight excluding hydrogens is 396 g/mol. The van der Waals surface area contributed by atoms with E-state index in [1.165, 1.54) is 4.90 Å². The largest absolute Gasteiger partial charge is 0.479 e. The summed E-state index contributed by atoms with van der Waals surface area (Å²) in [5.74, 6) is 0.157. The van der Waals surface area contributed by atoms with E-state index in [0.29, 0.717) is 22.8 Å². The maximum absolute atomic E-state index is 12.8. The number of urea groups is 1. The van der Waals surface area contributed by atoms with Gasteiger partial charge >= 0.3 is 6.03 Å². The number of benzene rings is 2. The SMILES string of the molecule is CC1Oc2ccc(NC(=O)Nc3ccccc3)cc2N(CC(=O)N2CCCCC2)C1=O. The predicted octanol–water partition coefficient (Wildman–Crippen LogP) is 3.46. The Bertz CT molecular complexity index is 973. The van der Waals surface area contributed by atoms with Crippen molar-refractivity contribution in [3.8, 4) is 5.75 Å². The quantitative estimate of drug-likeness (QED) is 0.790. The van der Waals surface area contributed by atoms with Crippen LogP contribution in [0.4, 0.5) is 21.9 Å². The monoisotopic (exact) mass is 422 g/mol. The number of hydrogen-bond donors (Lipinski definition) is 2. The summed E-state index contributed by atoms with van der Waals surface area (Å²) in [7, 11) is 0. The summed E-state index contributed by atoms with van der Waals surface area (Å²) >= 11 is 0. The first-order chi connectivity index (χ1) is 15.0. The average molecular weight is 422 g/mol. The number of fused-ring (bicyclic) bond motifs is 1. The molecule has 4 amide bonds. The number of likely N-dealkylation sites (tertiary alicyclic amines) is 1. The van der Waals surface area contributed by atoms with Gasteiger partial charge in [-0.15, -0.1) is 0 Å². The Morgan fingerprint density at radius 2 is 1.71 bits per heavy atom. The zero-order chi connectivity index (χ0) is 21.8. The molecule has 1 unspecified atom stereocenters. The van der Waals surface area contributed by atoms with E-state index in [1.807, 2.05) is 23.1 Å². The fourth-order valence-electron chi connectivity index (χ4n) is 3.84. The summed E-state index contributed by atoms with van der Waals surface area (Å²) in [6.45, 7) is 3.07. The van der Waals surface area contributed by atoms with Crippen molar-refractivity contribution < 1.29 is 19.1 Å². The Morgan fingerprint density at radius 3 is 2.45 bits per heavy atom. The third kappa shape index (κ3) is 4.79. The van der Waals surface area contributed by atoms with E-state index < -0.39 is 12.1 Å². The van der Waals surface area contributed by atoms with Crippen molar-refractivity contribution in [2.75, 3.05) is 35.2 Å². The summed E-state index contributed by atoms with van der Waals surface area (Å²) in [6.07, 6.45) is 2.42. The van der Waals surface area contributed by atoms with Crippen molar-refractivity contribution in [1.82, 2.24) is 4.90 Å². The number of ether oxygens (including phenoxy) is 1. The number of amides is 4. The number of rotatable bonds is 4. The normalized spacial score (nSPS) is 18.1. The molecule has 0 radical (unpaired) electrons. The summed E-state index contributed by atoms with van der Waals surface area (Å²) < 4.78 is 5.71. The maximum Gasteiger partial charge on any atom is 0.323 e. The number of anilines is 3. The smallest absolute Gasteiger partial charge is 0.323 e. The van der Waals surface area contributed by atoms with Crippen LogP contribution in [0.3, 0.4) is 0 Å². The van der Waals surface area contributed by atoms with Crippen LogP contribution in [0.5, 0.6) is 5.75 Å². The fraction of sp³-hybridized carbons (Fsp3) is 0.348. The minimum absolute atomic E-state index is 0.0425. The highest BCUT2D eigenvalue weighted by atomic mass is 16.5. The number of nitrogens with one attached hydrogen (secondary N) is 2. The van der Waals surface area contributed by atoms with Gasteiger partial charge in [-0.05, 0) is 56.5 Å². The lowest BCUT2D eigenvalue weighted by Gasteiger charge is -2.35. The molecule has 4 rings (SSSR count). The lowest BCUT2D eigenvalue weighted by molar-refractivity contribution is -0.133. The Morgan fingerprint density at radius 1 is 1.00 bits per heavy atom. The van der Waals surface area contributed by atoms with E-state index in [2.05, 4.69) is 10.6 Å². The molecule has 0 aliphatic carbocycles. The number of para-hydroxylation sites is 1. The minimum atomic E-state index is -0.679. The first-order valence-electron chi connectivity index (χ1n) is 10.5. The molecule has 0 aromatic heterocycles. The standard InChI is InChI=1S/C23H26N4O4/c1-16-22(29)27(15-21(28)26-12-6-3-7-13-26)19-14-18(10-11-20(19)31-16)25-23(30)24-17-8-4-2-5-9-17/h2,4-5,8-11,14,16H,3,6-7,12-13,15H2,1H3,(H2,24,25,30). The van der Waals surface area contributed by atoms with Crippen molar-refractivity contribution in [1.29, 1.82) is 0 Å². The zero-order valence-electron chi connectivity index (χ0n) is 17.5. The van der Waals surface area contributed by atoms with Gasteiger partial charge in [-0.2, -0.15) is 0 Å². The molecule has 162 valence electrons. The number of hydrogen-bond acceptors (Lipinski definition) is 4. The van der Waals surface area contributed by atoms with Crippen molar-refractivity contribution in [2.45, 2.75) is 32.3 Å². The van der Waals surface area contributed by atoms with Gasteiger partial charge in [0.2, 0.25) is 5.91 Å². The molecule has 1 atom stereocenters. The topological polar surface area (TPSA) is 91.0 Å². The molecular formula is C23H26N4O4. The molecule has 2 aliphatic rings. The van der Waals surface area contributed by atoms with Crippen LogP contribution in [0, 0.1) is 0 Å². The first-order valence-corrected chi connectivity index (χ1v) is 10.5. The van der Waals surface area contributed by atoms with E-state index in [0.717, 1.165) is 32.4 Å². The van der Waals surface area contributed by atoms with E-state index in [9.17, 15) is 14.4 Å². The van der Waals surface area contributed by atoms with Gasteiger partial charge in [0.25, 0.3) is 5.91 Å². The number of carbonyl (C=O) groups excluding carboxylic acids is 3. The second-order valence-corrected chi connectivity index (χ2v) is 7.75. The summed E-state index contributed by atoms with van der Waals surface area (Å²) in [5.41, 5.74) is 1.64. The molecule has 2 aliphatic heterocycles. The lowest BCUT2D eigenvalue weighted by Crippen LogP contribution is -2.50. The minimum Gasteiger partial charge on any atom is -0.479 e. The van der Waals surface area contributed by atoms with E-state index in [4.69, 9.17) is 4.74 Å². The molecule has 0 spiro atoms. The highest BCUT2D eigenvalue weighted by Gasteiger charge is 2.34. The zero-order valence-corrected chi connectivity index (χ0v) is 17.5. The lowest BCUT2D eigenvalue weighted by atomic mass is 10.1. The molecule has 8 nitrogen and oxygen atoms in total. The van der Waals surface area contributed by atoms with Gasteiger partial charge in [0.1, 0.15) is 12.3 Å². The Balaban J connectivity index is 1.51. The van der Waals surface area contributed by atoms with Gasteiger partial charge in [0, 0.05) is 24.5 Å². The Hall–Kier alpha value is -3.55. The third-order valence-corrected chi connectivity index (χ3v) is 5.46. The van der Waals surface area contributed by atoms with Crippen molar-refractivity contribution >= 4 is 34.9 Å². The number of nitrogens with zero attached hydrogens (tertiary/aromatic N) is 2. The van der Waals surface area contributed by atoms with Crippen molar-refractivity contribution in [3.05, 3.63) is 48.5 Å².